The first-order valence-electron chi connectivity index (χ1n) is 5.80. The normalized spacial score (nSPS) is 11.8. The van der Waals surface area contributed by atoms with E-state index in [9.17, 15) is 14.4 Å². The zero-order valence-electron chi connectivity index (χ0n) is 12.1. The van der Waals surface area contributed by atoms with Crippen LogP contribution in [0.5, 0.6) is 0 Å². The van der Waals surface area contributed by atoms with Crippen LogP contribution in [0.3, 0.4) is 0 Å². The Morgan fingerprint density at radius 3 is 1.90 bits per heavy atom. The monoisotopic (exact) mass is 322 g/mol. The number of nitrogens with one attached hydrogen (secondary N) is 2. The molecule has 0 atom stereocenters. The molecule has 0 radical (unpaired) electrons. The second-order valence-corrected chi connectivity index (χ2v) is 7.49. The number of carbonyl (C=O) groups is 3. The number of hydrogen-bond acceptors (Lipinski definition) is 6. The van der Waals surface area contributed by atoms with E-state index >= 15 is 0 Å². The molecule has 0 saturated heterocycles. The van der Waals surface area contributed by atoms with Gasteiger partial charge in [-0.25, -0.2) is 4.79 Å². The van der Waals surface area contributed by atoms with E-state index in [4.69, 9.17) is 21.1 Å². The van der Waals surface area contributed by atoms with Gasteiger partial charge >= 0.3 is 12.5 Å². The number of rotatable bonds is 6. The van der Waals surface area contributed by atoms with Crippen molar-refractivity contribution >= 4 is 36.2 Å². The van der Waals surface area contributed by atoms with Gasteiger partial charge in [-0.1, -0.05) is 0 Å². The maximum absolute atomic E-state index is 11.4. The fourth-order valence-electron chi connectivity index (χ4n) is 1.15. The Morgan fingerprint density at radius 2 is 1.55 bits per heavy atom. The van der Waals surface area contributed by atoms with E-state index in [0.717, 1.165) is 6.08 Å². The predicted octanol–water partition coefficient (Wildman–Crippen LogP) is 1.36. The molecule has 20 heavy (non-hydrogen) atoms. The molecule has 2 amide bonds. The van der Waals surface area contributed by atoms with E-state index in [1.165, 1.54) is 20.8 Å². The topological polar surface area (TPSA) is 93.7 Å². The molecule has 0 spiro atoms. The number of allylic oxidation sites excluding steroid dienone is 1. The van der Waals surface area contributed by atoms with Gasteiger partial charge in [0.15, 0.2) is 0 Å². The average Bonchev–Trinajstić information content (AvgIpc) is 2.09. The van der Waals surface area contributed by atoms with E-state index in [1.807, 2.05) is 0 Å². The second-order valence-electron chi connectivity index (χ2n) is 4.22. The largest absolute Gasteiger partial charge is 0.460 e. The Labute approximate surface area is 123 Å². The van der Waals surface area contributed by atoms with Crippen molar-refractivity contribution < 1.29 is 23.6 Å². The maximum atomic E-state index is 11.4. The summed E-state index contributed by atoms with van der Waals surface area (Å²) < 4.78 is 10.2. The molecule has 2 N–H and O–H groups in total. The van der Waals surface area contributed by atoms with Crippen molar-refractivity contribution in [2.45, 2.75) is 40.7 Å². The predicted molar refractivity (Wildman–Crippen MR) is 78.0 cm³/mol. The van der Waals surface area contributed by atoms with Gasteiger partial charge in [-0.3, -0.25) is 19.8 Å². The van der Waals surface area contributed by atoms with Crippen LogP contribution in [0.1, 0.15) is 34.6 Å². The highest BCUT2D eigenvalue weighted by atomic mass is 32.4. The average molecular weight is 322 g/mol. The van der Waals surface area contributed by atoms with E-state index < -0.39 is 24.3 Å². The summed E-state index contributed by atoms with van der Waals surface area (Å²) in [4.78, 5) is 33.6. The lowest BCUT2D eigenvalue weighted by molar-refractivity contribution is -0.141. The van der Waals surface area contributed by atoms with Crippen molar-refractivity contribution in [3.63, 3.8) is 0 Å². The third-order valence-corrected chi connectivity index (χ3v) is 4.09. The van der Waals surface area contributed by atoms with Crippen LogP contribution in [-0.4, -0.2) is 23.9 Å². The molecule has 0 fully saturated rings. The number of esters is 1. The van der Waals surface area contributed by atoms with Crippen molar-refractivity contribution in [2.24, 2.45) is 0 Å². The summed E-state index contributed by atoms with van der Waals surface area (Å²) in [5.41, 5.74) is 0. The van der Waals surface area contributed by atoms with Crippen LogP contribution < -0.4 is 10.2 Å². The van der Waals surface area contributed by atoms with Gasteiger partial charge in [0.25, 0.3) is 0 Å². The molecule has 0 saturated carbocycles. The Hall–Kier alpha value is -1.40. The molecule has 0 aromatic rings. The first-order chi connectivity index (χ1) is 9.04. The van der Waals surface area contributed by atoms with Gasteiger partial charge in [-0.05, 0) is 32.6 Å². The van der Waals surface area contributed by atoms with Crippen LogP contribution in [0.4, 0.5) is 0 Å². The number of hydrogen-bond donors (Lipinski definition) is 2. The summed E-state index contributed by atoms with van der Waals surface area (Å²) in [7, 11) is 0. The van der Waals surface area contributed by atoms with E-state index in [-0.39, 0.29) is 11.9 Å². The first-order valence-corrected chi connectivity index (χ1v) is 8.52. The number of carbonyl (C=O) groups excluding carboxylic acids is 3. The van der Waals surface area contributed by atoms with Gasteiger partial charge < -0.3 is 9.26 Å². The maximum Gasteiger partial charge on any atom is 0.334 e. The lowest BCUT2D eigenvalue weighted by atomic mass is 10.4. The SMILES string of the molecule is CC(=O)NP(=S)(NC(C)=O)O/C(C)=C/C(=O)OC(C)C. The van der Waals surface area contributed by atoms with E-state index in [1.54, 1.807) is 13.8 Å². The molecular formula is C11H19N2O5PS. The standard InChI is InChI=1S/C11H19N2O5PS/c1-7(2)17-11(16)6-8(3)18-19(20,12-9(4)14)13-10(5)15/h6-7H,1-5H3,(H2,12,13,14,15,20)/b8-6+. The van der Waals surface area contributed by atoms with E-state index in [0.29, 0.717) is 0 Å². The molecule has 0 rings (SSSR count). The Kier molecular flexibility index (Phi) is 7.45. The summed E-state index contributed by atoms with van der Waals surface area (Å²) >= 11 is 5.10. The molecular weight excluding hydrogens is 303 g/mol. The Bertz CT molecular complexity index is 455. The van der Waals surface area contributed by atoms with Crippen LogP contribution in [0.2, 0.25) is 0 Å². The van der Waals surface area contributed by atoms with Crippen molar-refractivity contribution in [1.29, 1.82) is 0 Å². The van der Waals surface area contributed by atoms with Crippen molar-refractivity contribution in [3.05, 3.63) is 11.8 Å². The minimum atomic E-state index is -3.12. The van der Waals surface area contributed by atoms with Crippen LogP contribution in [0, 0.1) is 0 Å². The molecule has 7 nitrogen and oxygen atoms in total. The van der Waals surface area contributed by atoms with Crippen molar-refractivity contribution in [2.75, 3.05) is 0 Å². The van der Waals surface area contributed by atoms with Gasteiger partial charge in [-0.15, -0.1) is 0 Å². The molecule has 114 valence electrons. The molecule has 0 aliphatic heterocycles. The highest BCUT2D eigenvalue weighted by Crippen LogP contribution is 2.40. The summed E-state index contributed by atoms with van der Waals surface area (Å²) in [6.07, 6.45) is 0.838. The highest BCUT2D eigenvalue weighted by molar-refractivity contribution is 8.10. The summed E-state index contributed by atoms with van der Waals surface area (Å²) in [5, 5.41) is 4.74. The van der Waals surface area contributed by atoms with Crippen molar-refractivity contribution in [3.8, 4) is 0 Å². The third-order valence-electron chi connectivity index (χ3n) is 1.55. The van der Waals surface area contributed by atoms with Crippen molar-refractivity contribution in [1.82, 2.24) is 10.2 Å². The summed E-state index contributed by atoms with van der Waals surface area (Å²) in [6.45, 7) is 4.27. The third kappa shape index (κ3) is 8.66. The van der Waals surface area contributed by atoms with E-state index in [2.05, 4.69) is 10.2 Å². The number of amides is 2. The van der Waals surface area contributed by atoms with Crippen LogP contribution in [0.15, 0.2) is 11.8 Å². The molecule has 0 aromatic heterocycles. The lowest BCUT2D eigenvalue weighted by Gasteiger charge is -2.23. The van der Waals surface area contributed by atoms with Gasteiger partial charge in [0.2, 0.25) is 11.8 Å². The minimum absolute atomic E-state index is 0.140. The molecule has 0 bridgehead atoms. The molecule has 0 unspecified atom stereocenters. The second kappa shape index (κ2) is 8.01. The van der Waals surface area contributed by atoms with Crippen LogP contribution in [0.25, 0.3) is 0 Å². The smallest absolute Gasteiger partial charge is 0.334 e. The highest BCUT2D eigenvalue weighted by Gasteiger charge is 2.22. The summed E-state index contributed by atoms with van der Waals surface area (Å²) in [5.74, 6) is -1.34. The van der Waals surface area contributed by atoms with Gasteiger partial charge in [0.1, 0.15) is 5.76 Å². The van der Waals surface area contributed by atoms with Crippen LogP contribution >= 0.6 is 6.57 Å². The number of ether oxygens (including phenoxy) is 1. The quantitative estimate of drug-likeness (QED) is 0.332. The Balaban J connectivity index is 4.93. The molecule has 0 aliphatic carbocycles. The zero-order valence-corrected chi connectivity index (χ0v) is 13.8. The molecule has 0 aromatic carbocycles. The van der Waals surface area contributed by atoms with Gasteiger partial charge in [0.05, 0.1) is 12.2 Å². The molecule has 0 heterocycles. The Morgan fingerprint density at radius 1 is 1.10 bits per heavy atom. The van der Waals surface area contributed by atoms with Crippen LogP contribution in [-0.2, 0) is 35.5 Å². The van der Waals surface area contributed by atoms with Gasteiger partial charge in [-0.2, -0.15) is 0 Å². The lowest BCUT2D eigenvalue weighted by Crippen LogP contribution is -2.29. The molecule has 9 heteroatoms. The first kappa shape index (κ1) is 18.6. The fraction of sp³-hybridized carbons (Fsp3) is 0.545. The minimum Gasteiger partial charge on any atom is -0.460 e. The van der Waals surface area contributed by atoms with Gasteiger partial charge in [0, 0.05) is 13.8 Å². The zero-order chi connectivity index (χ0) is 15.9. The fourth-order valence-corrected chi connectivity index (χ4v) is 3.71. The summed E-state index contributed by atoms with van der Waals surface area (Å²) in [6, 6.07) is 0. The molecule has 0 aliphatic rings.